The van der Waals surface area contributed by atoms with Gasteiger partial charge < -0.3 is 13.9 Å². The second-order valence-corrected chi connectivity index (χ2v) is 10.1. The standard InChI is InChI=1S/C15H28O4Si/c1-5-20(6-2,7-3)18-12-13-10-8-9-11-14(13)19-15(16)17-4/h10,14H,5-9,11-12H2,1-4H3. The molecule has 0 fully saturated rings. The summed E-state index contributed by atoms with van der Waals surface area (Å²) in [5, 5.41) is 0. The maximum Gasteiger partial charge on any atom is 0.508 e. The number of ether oxygens (including phenoxy) is 2. The van der Waals surface area contributed by atoms with Crippen molar-refractivity contribution in [3.63, 3.8) is 0 Å². The van der Waals surface area contributed by atoms with Gasteiger partial charge in [0.15, 0.2) is 8.32 Å². The second kappa shape index (κ2) is 8.47. The Morgan fingerprint density at radius 3 is 2.50 bits per heavy atom. The van der Waals surface area contributed by atoms with Gasteiger partial charge in [-0.15, -0.1) is 0 Å². The minimum absolute atomic E-state index is 0.173. The van der Waals surface area contributed by atoms with Crippen LogP contribution in [-0.2, 0) is 13.9 Å². The summed E-state index contributed by atoms with van der Waals surface area (Å²) in [4.78, 5) is 11.3. The number of carbonyl (C=O) groups excluding carboxylic acids is 1. The highest BCUT2D eigenvalue weighted by atomic mass is 28.4. The number of carbonyl (C=O) groups is 1. The molecule has 0 radical (unpaired) electrons. The first-order valence-electron chi connectivity index (χ1n) is 7.68. The Balaban J connectivity index is 2.63. The van der Waals surface area contributed by atoms with Gasteiger partial charge in [-0.05, 0) is 43.0 Å². The minimum atomic E-state index is -1.59. The molecule has 0 aromatic rings. The molecule has 4 nitrogen and oxygen atoms in total. The third-order valence-electron chi connectivity index (χ3n) is 4.37. The largest absolute Gasteiger partial charge is 0.508 e. The van der Waals surface area contributed by atoms with E-state index in [0.29, 0.717) is 6.61 Å². The first-order valence-corrected chi connectivity index (χ1v) is 10.2. The van der Waals surface area contributed by atoms with Gasteiger partial charge in [-0.3, -0.25) is 0 Å². The fourth-order valence-electron chi connectivity index (χ4n) is 2.65. The summed E-state index contributed by atoms with van der Waals surface area (Å²) in [5.74, 6) is 0. The van der Waals surface area contributed by atoms with Gasteiger partial charge in [0.1, 0.15) is 6.10 Å². The normalized spacial score (nSPS) is 19.4. The first kappa shape index (κ1) is 17.2. The summed E-state index contributed by atoms with van der Waals surface area (Å²) in [7, 11) is -0.250. The quantitative estimate of drug-likeness (QED) is 0.400. The lowest BCUT2D eigenvalue weighted by Gasteiger charge is -2.31. The summed E-state index contributed by atoms with van der Waals surface area (Å²) in [5.41, 5.74) is 1.11. The molecule has 0 saturated heterocycles. The first-order chi connectivity index (χ1) is 9.60. The van der Waals surface area contributed by atoms with Gasteiger partial charge in [0.05, 0.1) is 13.7 Å². The van der Waals surface area contributed by atoms with E-state index in [0.717, 1.165) is 43.0 Å². The molecule has 0 N–H and O–H groups in total. The minimum Gasteiger partial charge on any atom is -0.438 e. The third kappa shape index (κ3) is 4.63. The van der Waals surface area contributed by atoms with E-state index in [2.05, 4.69) is 31.6 Å². The van der Waals surface area contributed by atoms with Crippen molar-refractivity contribution in [2.75, 3.05) is 13.7 Å². The average molecular weight is 300 g/mol. The Bertz CT molecular complexity index is 329. The molecular formula is C15H28O4Si. The number of methoxy groups -OCH3 is 1. The van der Waals surface area contributed by atoms with Crippen LogP contribution < -0.4 is 0 Å². The van der Waals surface area contributed by atoms with Crippen LogP contribution in [0.25, 0.3) is 0 Å². The summed E-state index contributed by atoms with van der Waals surface area (Å²) < 4.78 is 16.2. The van der Waals surface area contributed by atoms with Crippen molar-refractivity contribution in [3.8, 4) is 0 Å². The van der Waals surface area contributed by atoms with Gasteiger partial charge in [0.2, 0.25) is 0 Å². The van der Waals surface area contributed by atoms with E-state index in [1.807, 2.05) is 0 Å². The van der Waals surface area contributed by atoms with Crippen molar-refractivity contribution in [2.45, 2.75) is 64.3 Å². The Hall–Kier alpha value is -0.813. The molecule has 116 valence electrons. The van der Waals surface area contributed by atoms with E-state index in [1.54, 1.807) is 0 Å². The van der Waals surface area contributed by atoms with Gasteiger partial charge in [0, 0.05) is 0 Å². The number of rotatable bonds is 7. The molecule has 1 aliphatic carbocycles. The molecule has 0 bridgehead atoms. The maximum atomic E-state index is 11.3. The van der Waals surface area contributed by atoms with E-state index in [1.165, 1.54) is 7.11 Å². The summed E-state index contributed by atoms with van der Waals surface area (Å²) in [6.07, 6.45) is 4.34. The van der Waals surface area contributed by atoms with Crippen LogP contribution in [0, 0.1) is 0 Å². The van der Waals surface area contributed by atoms with Crippen LogP contribution in [0.1, 0.15) is 40.0 Å². The highest BCUT2D eigenvalue weighted by Gasteiger charge is 2.31. The Labute approximate surface area is 123 Å². The van der Waals surface area contributed by atoms with Gasteiger partial charge >= 0.3 is 6.16 Å². The molecule has 1 aliphatic rings. The van der Waals surface area contributed by atoms with E-state index < -0.39 is 14.5 Å². The topological polar surface area (TPSA) is 44.8 Å². The second-order valence-electron chi connectivity index (χ2n) is 5.30. The van der Waals surface area contributed by atoms with Crippen LogP contribution in [0.15, 0.2) is 11.6 Å². The van der Waals surface area contributed by atoms with Crippen molar-refractivity contribution < 1.29 is 18.7 Å². The predicted molar refractivity (Wildman–Crippen MR) is 82.4 cm³/mol. The van der Waals surface area contributed by atoms with E-state index in [9.17, 15) is 4.79 Å². The lowest BCUT2D eigenvalue weighted by molar-refractivity contribution is 0.0408. The zero-order valence-corrected chi connectivity index (χ0v) is 14.2. The molecule has 0 heterocycles. The fraction of sp³-hybridized carbons (Fsp3) is 0.800. The molecule has 1 atom stereocenters. The maximum absolute atomic E-state index is 11.3. The van der Waals surface area contributed by atoms with Crippen LogP contribution in [0.5, 0.6) is 0 Å². The summed E-state index contributed by atoms with van der Waals surface area (Å²) >= 11 is 0. The van der Waals surface area contributed by atoms with Crippen molar-refractivity contribution in [1.29, 1.82) is 0 Å². The average Bonchev–Trinajstić information content (AvgIpc) is 2.50. The molecule has 0 aromatic heterocycles. The molecule has 0 spiro atoms. The summed E-state index contributed by atoms with van der Waals surface area (Å²) in [6, 6.07) is 3.40. The van der Waals surface area contributed by atoms with E-state index in [4.69, 9.17) is 9.16 Å². The zero-order valence-electron chi connectivity index (χ0n) is 13.2. The van der Waals surface area contributed by atoms with Gasteiger partial charge in [-0.1, -0.05) is 26.8 Å². The predicted octanol–water partition coefficient (Wildman–Crippen LogP) is 4.27. The highest BCUT2D eigenvalue weighted by molar-refractivity contribution is 6.73. The Morgan fingerprint density at radius 2 is 1.95 bits per heavy atom. The molecule has 20 heavy (non-hydrogen) atoms. The van der Waals surface area contributed by atoms with Crippen molar-refractivity contribution in [3.05, 3.63) is 11.6 Å². The molecule has 0 amide bonds. The van der Waals surface area contributed by atoms with Crippen molar-refractivity contribution in [1.82, 2.24) is 0 Å². The molecule has 1 unspecified atom stereocenters. The molecule has 1 rings (SSSR count). The van der Waals surface area contributed by atoms with Gasteiger partial charge in [-0.25, -0.2) is 4.79 Å². The monoisotopic (exact) mass is 300 g/mol. The lowest BCUT2D eigenvalue weighted by Crippen LogP contribution is -2.38. The van der Waals surface area contributed by atoms with Gasteiger partial charge in [0.25, 0.3) is 0 Å². The van der Waals surface area contributed by atoms with Crippen LogP contribution in [0.2, 0.25) is 18.1 Å². The molecule has 0 aliphatic heterocycles. The smallest absolute Gasteiger partial charge is 0.438 e. The number of hydrogen-bond acceptors (Lipinski definition) is 4. The van der Waals surface area contributed by atoms with Crippen LogP contribution in [-0.4, -0.2) is 34.3 Å². The molecule has 5 heteroatoms. The number of allylic oxidation sites excluding steroid dienone is 1. The van der Waals surface area contributed by atoms with E-state index in [-0.39, 0.29) is 6.10 Å². The van der Waals surface area contributed by atoms with Crippen LogP contribution >= 0.6 is 0 Å². The van der Waals surface area contributed by atoms with Crippen LogP contribution in [0.3, 0.4) is 0 Å². The molecule has 0 saturated carbocycles. The van der Waals surface area contributed by atoms with Gasteiger partial charge in [-0.2, -0.15) is 0 Å². The fourth-order valence-corrected chi connectivity index (χ4v) is 5.24. The Kier molecular flexibility index (Phi) is 7.30. The number of hydrogen-bond donors (Lipinski definition) is 0. The van der Waals surface area contributed by atoms with E-state index >= 15 is 0 Å². The molecular weight excluding hydrogens is 272 g/mol. The third-order valence-corrected chi connectivity index (χ3v) is 9.00. The molecule has 0 aromatic carbocycles. The Morgan fingerprint density at radius 1 is 1.30 bits per heavy atom. The highest BCUT2D eigenvalue weighted by Crippen LogP contribution is 2.26. The van der Waals surface area contributed by atoms with Crippen molar-refractivity contribution in [2.24, 2.45) is 0 Å². The van der Waals surface area contributed by atoms with Crippen molar-refractivity contribution >= 4 is 14.5 Å². The van der Waals surface area contributed by atoms with Crippen LogP contribution in [0.4, 0.5) is 4.79 Å². The summed E-state index contributed by atoms with van der Waals surface area (Å²) in [6.45, 7) is 7.26. The zero-order chi connectivity index (χ0) is 15.0. The SMILES string of the molecule is CC[Si](CC)(CC)OCC1=CCCCC1OC(=O)OC. The lowest BCUT2D eigenvalue weighted by atomic mass is 9.97.